The second kappa shape index (κ2) is 13.6. The average molecular weight is 393 g/mol. The molecule has 3 N–H and O–H groups in total. The minimum Gasteiger partial charge on any atom is -0.491 e. The Labute approximate surface area is 166 Å². The van der Waals surface area contributed by atoms with Crippen LogP contribution in [0.1, 0.15) is 69.8 Å². The molecule has 0 saturated heterocycles. The molecule has 28 heavy (non-hydrogen) atoms. The lowest BCUT2D eigenvalue weighted by Crippen LogP contribution is -2.13. The summed E-state index contributed by atoms with van der Waals surface area (Å²) in [5, 5.41) is 20.1. The van der Waals surface area contributed by atoms with Crippen LogP contribution < -0.4 is 10.1 Å². The Bertz CT molecular complexity index is 644. The van der Waals surface area contributed by atoms with Crippen molar-refractivity contribution in [2.75, 3.05) is 11.9 Å². The number of ether oxygens (including phenoxy) is 1. The molecule has 1 aromatic carbocycles. The molecule has 1 amide bonds. The molecule has 0 aliphatic heterocycles. The lowest BCUT2D eigenvalue weighted by Gasteiger charge is -2.13. The van der Waals surface area contributed by atoms with E-state index in [0.717, 1.165) is 37.7 Å². The summed E-state index contributed by atoms with van der Waals surface area (Å²) in [6.45, 7) is 2.20. The van der Waals surface area contributed by atoms with E-state index in [4.69, 9.17) is 14.9 Å². The van der Waals surface area contributed by atoms with Crippen LogP contribution in [0.15, 0.2) is 18.2 Å². The van der Waals surface area contributed by atoms with Crippen LogP contribution in [0.2, 0.25) is 0 Å². The molecule has 0 heterocycles. The van der Waals surface area contributed by atoms with Crippen LogP contribution >= 0.6 is 0 Å². The zero-order chi connectivity index (χ0) is 20.8. The lowest BCUT2D eigenvalue weighted by atomic mass is 10.1. The minimum atomic E-state index is -0.858. The number of carbonyl (C=O) groups excluding carboxylic acids is 1. The number of aryl methyl sites for hydroxylation is 1. The van der Waals surface area contributed by atoms with Gasteiger partial charge in [0.15, 0.2) is 0 Å². The molecule has 7 nitrogen and oxygen atoms in total. The Balaban J connectivity index is 2.30. The Kier molecular flexibility index (Phi) is 11.4. The first-order valence-electron chi connectivity index (χ1n) is 9.85. The van der Waals surface area contributed by atoms with E-state index >= 15 is 0 Å². The van der Waals surface area contributed by atoms with E-state index in [1.54, 1.807) is 6.07 Å². The summed E-state index contributed by atoms with van der Waals surface area (Å²) in [4.78, 5) is 33.2. The fourth-order valence-electron chi connectivity index (χ4n) is 2.74. The molecule has 0 saturated carbocycles. The maximum atomic E-state index is 12.2. The number of aliphatic carboxylic acids is 2. The molecule has 0 aliphatic carbocycles. The molecule has 0 unspecified atom stereocenters. The highest BCUT2D eigenvalue weighted by Gasteiger charge is 2.09. The van der Waals surface area contributed by atoms with Gasteiger partial charge in [-0.05, 0) is 43.9 Å². The third-order valence-corrected chi connectivity index (χ3v) is 4.25. The van der Waals surface area contributed by atoms with Crippen molar-refractivity contribution in [1.82, 2.24) is 0 Å². The number of rotatable bonds is 15. The van der Waals surface area contributed by atoms with Gasteiger partial charge in [-0.1, -0.05) is 31.7 Å². The molecule has 0 spiro atoms. The highest BCUT2D eigenvalue weighted by Crippen LogP contribution is 2.26. The third kappa shape index (κ3) is 11.2. The van der Waals surface area contributed by atoms with Crippen molar-refractivity contribution in [2.24, 2.45) is 0 Å². The van der Waals surface area contributed by atoms with E-state index in [1.165, 1.54) is 0 Å². The molecule has 1 rings (SSSR count). The summed E-state index contributed by atoms with van der Waals surface area (Å²) >= 11 is 0. The Morgan fingerprint density at radius 3 is 2.07 bits per heavy atom. The number of unbranched alkanes of at least 4 members (excludes halogenated alkanes) is 5. The minimum absolute atomic E-state index is 0.0455. The largest absolute Gasteiger partial charge is 0.491 e. The topological polar surface area (TPSA) is 113 Å². The standard InChI is InChI=1S/C21H31NO6/c1-16-12-13-17(18(15-16)28-14-8-11-21(26)27)22-19(23)9-6-4-2-3-5-7-10-20(24)25/h12-13,15H,2-11,14H2,1H3,(H,22,23)(H,24,25)(H,26,27). The molecular weight excluding hydrogens is 362 g/mol. The predicted octanol–water partition coefficient (Wildman–Crippen LogP) is 4.38. The van der Waals surface area contributed by atoms with Crippen LogP contribution in [0, 0.1) is 6.92 Å². The number of carboxylic acid groups (broad SMARTS) is 2. The van der Waals surface area contributed by atoms with Crippen LogP contribution in [-0.4, -0.2) is 34.7 Å². The van der Waals surface area contributed by atoms with Gasteiger partial charge in [0.05, 0.1) is 12.3 Å². The van der Waals surface area contributed by atoms with Crippen molar-refractivity contribution < 1.29 is 29.3 Å². The van der Waals surface area contributed by atoms with Crippen molar-refractivity contribution in [3.8, 4) is 5.75 Å². The fraction of sp³-hybridized carbons (Fsp3) is 0.571. The molecule has 0 aliphatic rings. The molecule has 7 heteroatoms. The van der Waals surface area contributed by atoms with Gasteiger partial charge in [0.25, 0.3) is 0 Å². The van der Waals surface area contributed by atoms with Crippen LogP contribution in [0.25, 0.3) is 0 Å². The maximum Gasteiger partial charge on any atom is 0.303 e. The summed E-state index contributed by atoms with van der Waals surface area (Å²) < 4.78 is 5.65. The van der Waals surface area contributed by atoms with Gasteiger partial charge < -0.3 is 20.3 Å². The molecule has 0 atom stereocenters. The summed E-state index contributed by atoms with van der Waals surface area (Å²) in [6.07, 6.45) is 6.41. The van der Waals surface area contributed by atoms with E-state index < -0.39 is 11.9 Å². The highest BCUT2D eigenvalue weighted by molar-refractivity contribution is 5.92. The van der Waals surface area contributed by atoms with Gasteiger partial charge in [-0.3, -0.25) is 14.4 Å². The molecule has 156 valence electrons. The second-order valence-electron chi connectivity index (χ2n) is 6.91. The Morgan fingerprint density at radius 1 is 0.857 bits per heavy atom. The molecule has 0 fully saturated rings. The monoisotopic (exact) mass is 393 g/mol. The first kappa shape index (κ1) is 23.5. The third-order valence-electron chi connectivity index (χ3n) is 4.25. The van der Waals surface area contributed by atoms with Gasteiger partial charge in [0.2, 0.25) is 5.91 Å². The van der Waals surface area contributed by atoms with Gasteiger partial charge in [0.1, 0.15) is 5.75 Å². The van der Waals surface area contributed by atoms with E-state index in [9.17, 15) is 14.4 Å². The predicted molar refractivity (Wildman–Crippen MR) is 107 cm³/mol. The molecule has 1 aromatic rings. The Hall–Kier alpha value is -2.57. The highest BCUT2D eigenvalue weighted by atomic mass is 16.5. The van der Waals surface area contributed by atoms with Crippen molar-refractivity contribution >= 4 is 23.5 Å². The first-order valence-corrected chi connectivity index (χ1v) is 9.85. The van der Waals surface area contributed by atoms with Crippen LogP contribution in [0.4, 0.5) is 5.69 Å². The van der Waals surface area contributed by atoms with Crippen LogP contribution in [0.3, 0.4) is 0 Å². The zero-order valence-electron chi connectivity index (χ0n) is 16.5. The smallest absolute Gasteiger partial charge is 0.303 e. The van der Waals surface area contributed by atoms with Crippen LogP contribution in [-0.2, 0) is 14.4 Å². The molecule has 0 aromatic heterocycles. The number of hydrogen-bond donors (Lipinski definition) is 3. The average Bonchev–Trinajstić information content (AvgIpc) is 2.62. The number of benzene rings is 1. The summed E-state index contributed by atoms with van der Waals surface area (Å²) in [6, 6.07) is 5.51. The number of hydrogen-bond acceptors (Lipinski definition) is 4. The summed E-state index contributed by atoms with van der Waals surface area (Å²) in [7, 11) is 0. The number of amides is 1. The quantitative estimate of drug-likeness (QED) is 0.381. The van der Waals surface area contributed by atoms with Gasteiger partial charge >= 0.3 is 11.9 Å². The second-order valence-corrected chi connectivity index (χ2v) is 6.91. The normalized spacial score (nSPS) is 10.5. The summed E-state index contributed by atoms with van der Waals surface area (Å²) in [5.74, 6) is -1.14. The lowest BCUT2D eigenvalue weighted by molar-refractivity contribution is -0.138. The van der Waals surface area contributed by atoms with Gasteiger partial charge in [0, 0.05) is 19.3 Å². The van der Waals surface area contributed by atoms with Crippen molar-refractivity contribution in [3.05, 3.63) is 23.8 Å². The van der Waals surface area contributed by atoms with Crippen LogP contribution in [0.5, 0.6) is 5.75 Å². The summed E-state index contributed by atoms with van der Waals surface area (Å²) in [5.41, 5.74) is 1.59. The van der Waals surface area contributed by atoms with Gasteiger partial charge in [-0.25, -0.2) is 0 Å². The fourth-order valence-corrected chi connectivity index (χ4v) is 2.74. The maximum absolute atomic E-state index is 12.2. The van der Waals surface area contributed by atoms with E-state index in [-0.39, 0.29) is 25.4 Å². The number of carboxylic acids is 2. The zero-order valence-corrected chi connectivity index (χ0v) is 16.5. The van der Waals surface area contributed by atoms with Gasteiger partial charge in [-0.15, -0.1) is 0 Å². The van der Waals surface area contributed by atoms with E-state index in [1.807, 2.05) is 19.1 Å². The Morgan fingerprint density at radius 2 is 1.43 bits per heavy atom. The van der Waals surface area contributed by atoms with E-state index in [0.29, 0.717) is 30.7 Å². The van der Waals surface area contributed by atoms with E-state index in [2.05, 4.69) is 5.32 Å². The van der Waals surface area contributed by atoms with Crippen molar-refractivity contribution in [1.29, 1.82) is 0 Å². The molecule has 0 radical (unpaired) electrons. The number of nitrogens with one attached hydrogen (secondary N) is 1. The number of carbonyl (C=O) groups is 3. The van der Waals surface area contributed by atoms with Crippen molar-refractivity contribution in [3.63, 3.8) is 0 Å². The SMILES string of the molecule is Cc1ccc(NC(=O)CCCCCCCCC(=O)O)c(OCCCC(=O)O)c1. The molecule has 0 bridgehead atoms. The first-order chi connectivity index (χ1) is 13.4. The van der Waals surface area contributed by atoms with Gasteiger partial charge in [-0.2, -0.15) is 0 Å². The molecular formula is C21H31NO6. The number of anilines is 1. The van der Waals surface area contributed by atoms with Crippen molar-refractivity contribution in [2.45, 2.75) is 71.1 Å².